The number of nitrogens with one attached hydrogen (secondary N) is 1. The SMILES string of the molecule is CN(C)CCOc1ccccc1C(=O)N1CCNCC1.Cl.Cl. The van der Waals surface area contributed by atoms with Crippen LogP contribution in [0.1, 0.15) is 10.4 Å². The minimum absolute atomic E-state index is 0. The van der Waals surface area contributed by atoms with Crippen LogP contribution in [0.2, 0.25) is 0 Å². The zero-order valence-electron chi connectivity index (χ0n) is 13.1. The van der Waals surface area contributed by atoms with Gasteiger partial charge in [0.25, 0.3) is 5.91 Å². The van der Waals surface area contributed by atoms with E-state index in [1.807, 2.05) is 43.3 Å². The second kappa shape index (κ2) is 10.7. The van der Waals surface area contributed by atoms with Gasteiger partial charge >= 0.3 is 0 Å². The van der Waals surface area contributed by atoms with E-state index in [1.165, 1.54) is 0 Å². The van der Waals surface area contributed by atoms with Crippen molar-refractivity contribution < 1.29 is 9.53 Å². The average molecular weight is 350 g/mol. The van der Waals surface area contributed by atoms with E-state index in [1.54, 1.807) is 0 Å². The lowest BCUT2D eigenvalue weighted by Gasteiger charge is -2.28. The van der Waals surface area contributed by atoms with E-state index in [4.69, 9.17) is 4.74 Å². The van der Waals surface area contributed by atoms with Gasteiger partial charge in [0.15, 0.2) is 0 Å². The van der Waals surface area contributed by atoms with Crippen molar-refractivity contribution in [2.75, 3.05) is 53.4 Å². The molecule has 0 unspecified atom stereocenters. The topological polar surface area (TPSA) is 44.8 Å². The first-order chi connectivity index (χ1) is 9.68. The minimum Gasteiger partial charge on any atom is -0.491 e. The molecule has 0 radical (unpaired) electrons. The number of benzene rings is 1. The summed E-state index contributed by atoms with van der Waals surface area (Å²) in [4.78, 5) is 16.5. The van der Waals surface area contributed by atoms with Crippen molar-refractivity contribution in [1.29, 1.82) is 0 Å². The highest BCUT2D eigenvalue weighted by Crippen LogP contribution is 2.20. The molecule has 2 rings (SSSR count). The Hall–Kier alpha value is -1.01. The first-order valence-corrected chi connectivity index (χ1v) is 7.05. The summed E-state index contributed by atoms with van der Waals surface area (Å²) in [6.07, 6.45) is 0. The van der Waals surface area contributed by atoms with Crippen LogP contribution >= 0.6 is 24.8 Å². The van der Waals surface area contributed by atoms with E-state index in [0.717, 1.165) is 32.7 Å². The summed E-state index contributed by atoms with van der Waals surface area (Å²) in [7, 11) is 4.00. The van der Waals surface area contributed by atoms with E-state index in [0.29, 0.717) is 17.9 Å². The van der Waals surface area contributed by atoms with Gasteiger partial charge in [-0.1, -0.05) is 12.1 Å². The Kier molecular flexibility index (Phi) is 10.2. The molecule has 22 heavy (non-hydrogen) atoms. The van der Waals surface area contributed by atoms with Gasteiger partial charge in [0.1, 0.15) is 12.4 Å². The first-order valence-electron chi connectivity index (χ1n) is 7.05. The van der Waals surface area contributed by atoms with Crippen LogP contribution in [0.15, 0.2) is 24.3 Å². The van der Waals surface area contributed by atoms with E-state index < -0.39 is 0 Å². The molecule has 1 fully saturated rings. The Bertz CT molecular complexity index is 452. The van der Waals surface area contributed by atoms with Crippen molar-refractivity contribution in [2.45, 2.75) is 0 Å². The molecule has 0 atom stereocenters. The van der Waals surface area contributed by atoms with Gasteiger partial charge in [0.2, 0.25) is 0 Å². The summed E-state index contributed by atoms with van der Waals surface area (Å²) in [6, 6.07) is 7.49. The summed E-state index contributed by atoms with van der Waals surface area (Å²) in [5.74, 6) is 0.741. The van der Waals surface area contributed by atoms with Crippen molar-refractivity contribution in [3.05, 3.63) is 29.8 Å². The monoisotopic (exact) mass is 349 g/mol. The predicted octanol–water partition coefficient (Wildman–Crippen LogP) is 1.52. The number of para-hydroxylation sites is 1. The van der Waals surface area contributed by atoms with Crippen LogP contribution in [0, 0.1) is 0 Å². The van der Waals surface area contributed by atoms with Gasteiger partial charge in [-0.15, -0.1) is 24.8 Å². The molecule has 1 amide bonds. The van der Waals surface area contributed by atoms with E-state index in [2.05, 4.69) is 10.2 Å². The van der Waals surface area contributed by atoms with Gasteiger partial charge in [0, 0.05) is 32.7 Å². The minimum atomic E-state index is 0. The molecule has 0 spiro atoms. The maximum Gasteiger partial charge on any atom is 0.257 e. The molecule has 1 aliphatic rings. The van der Waals surface area contributed by atoms with Gasteiger partial charge in [-0.25, -0.2) is 0 Å². The third kappa shape index (κ3) is 6.01. The third-order valence-electron chi connectivity index (χ3n) is 3.32. The van der Waals surface area contributed by atoms with Crippen molar-refractivity contribution in [3.63, 3.8) is 0 Å². The van der Waals surface area contributed by atoms with E-state index in [-0.39, 0.29) is 30.7 Å². The zero-order valence-corrected chi connectivity index (χ0v) is 14.7. The van der Waals surface area contributed by atoms with Gasteiger partial charge in [-0.3, -0.25) is 4.79 Å². The Morgan fingerprint density at radius 3 is 2.50 bits per heavy atom. The molecule has 1 aromatic rings. The molecule has 0 bridgehead atoms. The highest BCUT2D eigenvalue weighted by atomic mass is 35.5. The maximum atomic E-state index is 12.5. The zero-order chi connectivity index (χ0) is 14.4. The van der Waals surface area contributed by atoms with Crippen molar-refractivity contribution >= 4 is 30.7 Å². The second-order valence-corrected chi connectivity index (χ2v) is 5.19. The fourth-order valence-corrected chi connectivity index (χ4v) is 2.15. The summed E-state index contributed by atoms with van der Waals surface area (Å²) in [6.45, 7) is 4.63. The molecule has 0 aromatic heterocycles. The lowest BCUT2D eigenvalue weighted by atomic mass is 10.1. The molecule has 1 heterocycles. The Morgan fingerprint density at radius 1 is 1.23 bits per heavy atom. The Labute approximate surface area is 144 Å². The number of carbonyl (C=O) groups excluding carboxylic acids is 1. The molecule has 1 aliphatic heterocycles. The summed E-state index contributed by atoms with van der Waals surface area (Å²) in [5.41, 5.74) is 0.660. The van der Waals surface area contributed by atoms with Crippen LogP contribution in [0.25, 0.3) is 0 Å². The normalized spacial score (nSPS) is 14.0. The molecule has 1 N–H and O–H groups in total. The molecule has 1 aromatic carbocycles. The van der Waals surface area contributed by atoms with Gasteiger partial charge in [-0.2, -0.15) is 0 Å². The van der Waals surface area contributed by atoms with Crippen LogP contribution in [0.3, 0.4) is 0 Å². The number of rotatable bonds is 5. The highest BCUT2D eigenvalue weighted by molar-refractivity contribution is 5.97. The maximum absolute atomic E-state index is 12.5. The number of carbonyl (C=O) groups is 1. The number of ether oxygens (including phenoxy) is 1. The molecule has 5 nitrogen and oxygen atoms in total. The summed E-state index contributed by atoms with van der Waals surface area (Å²) >= 11 is 0. The fourth-order valence-electron chi connectivity index (χ4n) is 2.15. The van der Waals surface area contributed by atoms with Gasteiger partial charge < -0.3 is 19.9 Å². The number of hydrogen-bond acceptors (Lipinski definition) is 4. The quantitative estimate of drug-likeness (QED) is 0.875. The number of halogens is 2. The van der Waals surface area contributed by atoms with Crippen LogP contribution < -0.4 is 10.1 Å². The Balaban J connectivity index is 0.00000220. The molecule has 0 saturated carbocycles. The molecule has 1 saturated heterocycles. The van der Waals surface area contributed by atoms with Crippen molar-refractivity contribution in [1.82, 2.24) is 15.1 Å². The molecule has 7 heteroatoms. The van der Waals surface area contributed by atoms with Crippen LogP contribution in [0.5, 0.6) is 5.75 Å². The molecule has 0 aliphatic carbocycles. The number of amides is 1. The lowest BCUT2D eigenvalue weighted by Crippen LogP contribution is -2.46. The second-order valence-electron chi connectivity index (χ2n) is 5.19. The number of hydrogen-bond donors (Lipinski definition) is 1. The summed E-state index contributed by atoms with van der Waals surface area (Å²) in [5, 5.41) is 3.25. The first kappa shape index (κ1) is 21.0. The van der Waals surface area contributed by atoms with Crippen LogP contribution in [0.4, 0.5) is 0 Å². The largest absolute Gasteiger partial charge is 0.491 e. The van der Waals surface area contributed by atoms with Crippen LogP contribution in [-0.2, 0) is 0 Å². The fraction of sp³-hybridized carbons (Fsp3) is 0.533. The molecular weight excluding hydrogens is 325 g/mol. The van der Waals surface area contributed by atoms with Gasteiger partial charge in [-0.05, 0) is 26.2 Å². The summed E-state index contributed by atoms with van der Waals surface area (Å²) < 4.78 is 5.76. The third-order valence-corrected chi connectivity index (χ3v) is 3.32. The van der Waals surface area contributed by atoms with E-state index in [9.17, 15) is 4.79 Å². The number of piperazine rings is 1. The lowest BCUT2D eigenvalue weighted by molar-refractivity contribution is 0.0731. The van der Waals surface area contributed by atoms with Gasteiger partial charge in [0.05, 0.1) is 5.56 Å². The van der Waals surface area contributed by atoms with Crippen molar-refractivity contribution in [2.24, 2.45) is 0 Å². The van der Waals surface area contributed by atoms with Crippen LogP contribution in [-0.4, -0.2) is 69.1 Å². The van der Waals surface area contributed by atoms with E-state index >= 15 is 0 Å². The smallest absolute Gasteiger partial charge is 0.257 e. The Morgan fingerprint density at radius 2 is 1.86 bits per heavy atom. The highest BCUT2D eigenvalue weighted by Gasteiger charge is 2.20. The molecule has 126 valence electrons. The number of nitrogens with zero attached hydrogens (tertiary/aromatic N) is 2. The average Bonchev–Trinajstić information content (AvgIpc) is 2.47. The van der Waals surface area contributed by atoms with Crippen molar-refractivity contribution in [3.8, 4) is 5.75 Å². The predicted molar refractivity (Wildman–Crippen MR) is 93.8 cm³/mol. The number of likely N-dealkylation sites (N-methyl/N-ethyl adjacent to an activating group) is 1. The molecular formula is C15H25Cl2N3O2. The standard InChI is InChI=1S/C15H23N3O2.2ClH/c1-17(2)11-12-20-14-6-4-3-5-13(14)15(19)18-9-7-16-8-10-18;;/h3-6,16H,7-12H2,1-2H3;2*1H.